The van der Waals surface area contributed by atoms with E-state index in [4.69, 9.17) is 10.7 Å². The van der Waals surface area contributed by atoms with Gasteiger partial charge in [-0.2, -0.15) is 8.42 Å². The topological polar surface area (TPSA) is 54.5 Å². The molecule has 3 aliphatic rings. The van der Waals surface area contributed by atoms with E-state index in [1.54, 1.807) is 6.08 Å². The maximum atomic E-state index is 11.9. The van der Waals surface area contributed by atoms with Crippen molar-refractivity contribution in [1.29, 1.82) is 0 Å². The fourth-order valence-corrected chi connectivity index (χ4v) is 6.19. The molecule has 0 N–H and O–H groups in total. The molecular weight excluding hydrogens is 397 g/mol. The first kappa shape index (κ1) is 12.4. The van der Waals surface area contributed by atoms with Gasteiger partial charge in [0.2, 0.25) is 5.91 Å². The SMILES string of the molecule is O=C1[C@@H]2[C@H]3[C@@H](Br)[C@@H](Br)[C@@H]3C=C[C@H]2N1S(=O)(=O)Cl. The zero-order valence-electron chi connectivity index (χ0n) is 8.33. The van der Waals surface area contributed by atoms with E-state index in [-0.39, 0.29) is 22.6 Å². The van der Waals surface area contributed by atoms with Crippen molar-refractivity contribution in [3.05, 3.63) is 12.2 Å². The molecule has 6 atom stereocenters. The number of allylic oxidation sites excluding steroid dienone is 1. The smallest absolute Gasteiger partial charge is 0.273 e. The molecule has 2 fully saturated rings. The lowest BCUT2D eigenvalue weighted by molar-refractivity contribution is -0.151. The summed E-state index contributed by atoms with van der Waals surface area (Å²) in [5, 5.41) is 0. The van der Waals surface area contributed by atoms with Crippen LogP contribution >= 0.6 is 42.5 Å². The Morgan fingerprint density at radius 2 is 1.88 bits per heavy atom. The second kappa shape index (κ2) is 3.71. The highest BCUT2D eigenvalue weighted by Crippen LogP contribution is 2.56. The van der Waals surface area contributed by atoms with Gasteiger partial charge in [0.25, 0.3) is 0 Å². The molecule has 0 aromatic rings. The Kier molecular flexibility index (Phi) is 2.72. The highest BCUT2D eigenvalue weighted by atomic mass is 79.9. The van der Waals surface area contributed by atoms with E-state index in [2.05, 4.69) is 31.9 Å². The van der Waals surface area contributed by atoms with Crippen LogP contribution in [0.2, 0.25) is 0 Å². The predicted molar refractivity (Wildman–Crippen MR) is 70.4 cm³/mol. The molecule has 0 spiro atoms. The number of alkyl halides is 2. The van der Waals surface area contributed by atoms with Crippen LogP contribution in [0.1, 0.15) is 0 Å². The van der Waals surface area contributed by atoms with Gasteiger partial charge in [0, 0.05) is 20.3 Å². The molecule has 1 saturated heterocycles. The predicted octanol–water partition coefficient (Wildman–Crippen LogP) is 1.64. The maximum absolute atomic E-state index is 11.9. The second-order valence-corrected chi connectivity index (χ2v) is 9.02. The summed E-state index contributed by atoms with van der Waals surface area (Å²) in [6.07, 6.45) is 3.75. The summed E-state index contributed by atoms with van der Waals surface area (Å²) in [6, 6.07) is -0.397. The first-order valence-electron chi connectivity index (χ1n) is 5.08. The van der Waals surface area contributed by atoms with Crippen LogP contribution in [0.4, 0.5) is 0 Å². The number of carbonyl (C=O) groups is 1. The van der Waals surface area contributed by atoms with Crippen molar-refractivity contribution in [2.75, 3.05) is 0 Å². The van der Waals surface area contributed by atoms with Crippen LogP contribution in [-0.2, 0) is 14.0 Å². The molecule has 0 bridgehead atoms. The van der Waals surface area contributed by atoms with Gasteiger partial charge < -0.3 is 0 Å². The number of carbonyl (C=O) groups excluding carboxylic acids is 1. The van der Waals surface area contributed by atoms with E-state index in [0.29, 0.717) is 10.7 Å². The number of nitrogens with zero attached hydrogens (tertiary/aromatic N) is 1. The lowest BCUT2D eigenvalue weighted by Crippen LogP contribution is -2.70. The van der Waals surface area contributed by atoms with Gasteiger partial charge in [0.15, 0.2) is 0 Å². The molecule has 94 valence electrons. The zero-order chi connectivity index (χ0) is 12.5. The van der Waals surface area contributed by atoms with Crippen molar-refractivity contribution in [1.82, 2.24) is 4.31 Å². The normalized spacial score (nSPS) is 47.9. The summed E-state index contributed by atoms with van der Waals surface area (Å²) in [4.78, 5) is 12.4. The van der Waals surface area contributed by atoms with E-state index in [0.717, 1.165) is 4.31 Å². The lowest BCUT2D eigenvalue weighted by Gasteiger charge is -2.58. The van der Waals surface area contributed by atoms with Crippen molar-refractivity contribution >= 4 is 57.7 Å². The van der Waals surface area contributed by atoms with Gasteiger partial charge in [0.05, 0.1) is 12.0 Å². The zero-order valence-corrected chi connectivity index (χ0v) is 13.1. The third kappa shape index (κ3) is 1.52. The number of rotatable bonds is 1. The van der Waals surface area contributed by atoms with E-state index in [9.17, 15) is 13.2 Å². The number of β-lactam (4-membered cyclic amide) rings is 1. The van der Waals surface area contributed by atoms with E-state index in [1.807, 2.05) is 6.08 Å². The Balaban J connectivity index is 1.93. The molecule has 1 heterocycles. The highest BCUT2D eigenvalue weighted by molar-refractivity contribution is 9.12. The molecule has 4 nitrogen and oxygen atoms in total. The minimum atomic E-state index is -3.96. The van der Waals surface area contributed by atoms with Crippen molar-refractivity contribution in [2.45, 2.75) is 15.7 Å². The third-order valence-corrected chi connectivity index (χ3v) is 8.21. The summed E-state index contributed by atoms with van der Waals surface area (Å²) < 4.78 is 23.3. The molecule has 1 amide bonds. The summed E-state index contributed by atoms with van der Waals surface area (Å²) in [6.45, 7) is 0. The number of amides is 1. The number of fused-ring (bicyclic) bond motifs is 3. The molecule has 0 unspecified atom stereocenters. The standard InChI is InChI=1S/C9H8Br2ClNO3S/c10-7-3-1-2-4-6(5(3)8(7)11)9(14)13(4)17(12,15)16/h1-8H/t3-,4-,5+,6+,7+,8-/m1/s1. The van der Waals surface area contributed by atoms with Gasteiger partial charge >= 0.3 is 9.24 Å². The van der Waals surface area contributed by atoms with Crippen molar-refractivity contribution in [2.24, 2.45) is 17.8 Å². The van der Waals surface area contributed by atoms with Gasteiger partial charge in [-0.25, -0.2) is 4.31 Å². The van der Waals surface area contributed by atoms with Crippen LogP contribution in [0.15, 0.2) is 12.2 Å². The van der Waals surface area contributed by atoms with E-state index < -0.39 is 15.3 Å². The molecular formula is C9H8Br2ClNO3S. The van der Waals surface area contributed by atoms with Gasteiger partial charge in [-0.1, -0.05) is 44.0 Å². The van der Waals surface area contributed by atoms with Crippen molar-refractivity contribution in [3.8, 4) is 0 Å². The Morgan fingerprint density at radius 1 is 1.24 bits per heavy atom. The number of halogens is 3. The molecule has 0 aromatic carbocycles. The van der Waals surface area contributed by atoms with Crippen LogP contribution in [-0.4, -0.2) is 34.3 Å². The minimum Gasteiger partial charge on any atom is -0.273 e. The minimum absolute atomic E-state index is 0.163. The van der Waals surface area contributed by atoms with Crippen molar-refractivity contribution < 1.29 is 13.2 Å². The molecule has 17 heavy (non-hydrogen) atoms. The van der Waals surface area contributed by atoms with Crippen LogP contribution in [0, 0.1) is 17.8 Å². The highest BCUT2D eigenvalue weighted by Gasteiger charge is 2.64. The van der Waals surface area contributed by atoms with Gasteiger partial charge in [-0.05, 0) is 11.8 Å². The molecule has 3 rings (SSSR count). The second-order valence-electron chi connectivity index (χ2n) is 4.52. The lowest BCUT2D eigenvalue weighted by atomic mass is 9.59. The molecule has 1 saturated carbocycles. The average molecular weight is 405 g/mol. The van der Waals surface area contributed by atoms with E-state index in [1.165, 1.54) is 0 Å². The summed E-state index contributed by atoms with van der Waals surface area (Å²) in [5.74, 6) is -0.175. The third-order valence-electron chi connectivity index (χ3n) is 3.81. The van der Waals surface area contributed by atoms with Gasteiger partial charge in [-0.15, -0.1) is 0 Å². The molecule has 2 aliphatic carbocycles. The number of hydrogen-bond acceptors (Lipinski definition) is 3. The van der Waals surface area contributed by atoms with Crippen LogP contribution in [0.5, 0.6) is 0 Å². The van der Waals surface area contributed by atoms with E-state index >= 15 is 0 Å². The maximum Gasteiger partial charge on any atom is 0.324 e. The summed E-state index contributed by atoms with van der Waals surface area (Å²) >= 11 is 7.08. The molecule has 0 radical (unpaired) electrons. The largest absolute Gasteiger partial charge is 0.324 e. The van der Waals surface area contributed by atoms with Gasteiger partial charge in [0.1, 0.15) is 0 Å². The average Bonchev–Trinajstić information content (AvgIpc) is 2.24. The van der Waals surface area contributed by atoms with Crippen LogP contribution in [0.3, 0.4) is 0 Å². The Labute approximate surface area is 120 Å². The Hall–Kier alpha value is 0.410. The molecule has 1 aliphatic heterocycles. The Bertz CT molecular complexity index is 522. The number of hydrogen-bond donors (Lipinski definition) is 0. The first-order chi connectivity index (χ1) is 7.84. The fourth-order valence-electron chi connectivity index (χ4n) is 2.96. The van der Waals surface area contributed by atoms with Crippen LogP contribution < -0.4 is 0 Å². The van der Waals surface area contributed by atoms with Crippen molar-refractivity contribution in [3.63, 3.8) is 0 Å². The molecule has 8 heteroatoms. The molecule has 0 aromatic heterocycles. The Morgan fingerprint density at radius 3 is 2.47 bits per heavy atom. The van der Waals surface area contributed by atoms with Gasteiger partial charge in [-0.3, -0.25) is 4.79 Å². The fraction of sp³-hybridized carbons (Fsp3) is 0.667. The quantitative estimate of drug-likeness (QED) is 0.288. The first-order valence-corrected chi connectivity index (χ1v) is 9.18. The monoisotopic (exact) mass is 403 g/mol. The van der Waals surface area contributed by atoms with Crippen LogP contribution in [0.25, 0.3) is 0 Å². The summed E-state index contributed by atoms with van der Waals surface area (Å²) in [5.41, 5.74) is 0. The summed E-state index contributed by atoms with van der Waals surface area (Å²) in [7, 11) is 1.28.